The van der Waals surface area contributed by atoms with Gasteiger partial charge in [-0.15, -0.1) is 0 Å². The van der Waals surface area contributed by atoms with Crippen molar-refractivity contribution in [3.05, 3.63) is 110 Å². The summed E-state index contributed by atoms with van der Waals surface area (Å²) >= 11 is 0. The summed E-state index contributed by atoms with van der Waals surface area (Å²) in [6.45, 7) is 13.5. The van der Waals surface area contributed by atoms with Crippen LogP contribution in [0, 0.1) is 0 Å². The number of nitrogens with one attached hydrogen (secondary N) is 2. The Bertz CT molecular complexity index is 2440. The van der Waals surface area contributed by atoms with Gasteiger partial charge < -0.3 is 10.3 Å². The summed E-state index contributed by atoms with van der Waals surface area (Å²) in [5.74, 6) is 0. The highest BCUT2D eigenvalue weighted by Crippen LogP contribution is 2.38. The van der Waals surface area contributed by atoms with E-state index in [1.807, 2.05) is 18.5 Å². The number of aromatic nitrogens is 2. The molecule has 252 valence electrons. The van der Waals surface area contributed by atoms with E-state index in [9.17, 15) is 0 Å². The fourth-order valence-electron chi connectivity index (χ4n) is 8.21. The second-order valence-corrected chi connectivity index (χ2v) is 13.9. The average Bonchev–Trinajstić information content (AvgIpc) is 3.83. The highest BCUT2D eigenvalue weighted by molar-refractivity contribution is 6.26. The number of H-pyrrole nitrogens is 1. The third kappa shape index (κ3) is 5.15. The van der Waals surface area contributed by atoms with Crippen molar-refractivity contribution in [1.82, 2.24) is 9.97 Å². The molecule has 7 heterocycles. The predicted molar refractivity (Wildman–Crippen MR) is 213 cm³/mol. The number of rotatable bonds is 8. The Morgan fingerprint density at radius 2 is 1.38 bits per heavy atom. The maximum atomic E-state index is 5.39. The summed E-state index contributed by atoms with van der Waals surface area (Å²) in [5.41, 5.74) is 17.0. The molecule has 0 saturated heterocycles. The summed E-state index contributed by atoms with van der Waals surface area (Å²) in [6.07, 6.45) is 25.5. The van der Waals surface area contributed by atoms with E-state index in [4.69, 9.17) is 20.0 Å². The molecule has 8 bridgehead atoms. The van der Waals surface area contributed by atoms with Gasteiger partial charge in [0.25, 0.3) is 0 Å². The number of benzene rings is 1. The highest BCUT2D eigenvalue weighted by Gasteiger charge is 2.27. The first-order valence-electron chi connectivity index (χ1n) is 18.6. The third-order valence-corrected chi connectivity index (χ3v) is 10.9. The van der Waals surface area contributed by atoms with Crippen molar-refractivity contribution in [2.75, 3.05) is 5.32 Å². The van der Waals surface area contributed by atoms with Crippen LogP contribution in [0.5, 0.6) is 0 Å². The number of pyridine rings is 1. The molecule has 8 rings (SSSR count). The molecule has 0 unspecified atom stereocenters. The first kappa shape index (κ1) is 32.1. The lowest BCUT2D eigenvalue weighted by Crippen LogP contribution is -2.15. The smallest absolute Gasteiger partial charge is 0.0949 e. The summed E-state index contributed by atoms with van der Waals surface area (Å²) in [5, 5.41) is 9.17. The molecule has 1 aromatic carbocycles. The van der Waals surface area contributed by atoms with Gasteiger partial charge in [0.05, 0.1) is 45.4 Å². The van der Waals surface area contributed by atoms with Gasteiger partial charge in [-0.25, -0.2) is 15.0 Å². The maximum Gasteiger partial charge on any atom is 0.0949 e. The van der Waals surface area contributed by atoms with Crippen LogP contribution >= 0.6 is 0 Å². The number of anilines is 1. The normalized spacial score (nSPS) is 18.1. The van der Waals surface area contributed by atoms with E-state index in [0.717, 1.165) is 124 Å². The van der Waals surface area contributed by atoms with Crippen molar-refractivity contribution in [3.63, 3.8) is 0 Å². The van der Waals surface area contributed by atoms with Crippen LogP contribution in [0.25, 0.3) is 39.9 Å². The number of nitrogens with zero attached hydrogens (tertiary/aromatic N) is 4. The van der Waals surface area contributed by atoms with Gasteiger partial charge in [-0.1, -0.05) is 52.7 Å². The van der Waals surface area contributed by atoms with Crippen LogP contribution < -0.4 is 15.9 Å². The maximum absolute atomic E-state index is 5.39. The van der Waals surface area contributed by atoms with Crippen molar-refractivity contribution in [3.8, 4) is 0 Å². The van der Waals surface area contributed by atoms with Crippen LogP contribution in [0.4, 0.5) is 5.69 Å². The molecule has 2 N–H and O–H groups in total. The molecule has 50 heavy (non-hydrogen) atoms. The first-order valence-corrected chi connectivity index (χ1v) is 18.6. The van der Waals surface area contributed by atoms with Gasteiger partial charge in [-0.2, -0.15) is 0 Å². The quantitative estimate of drug-likeness (QED) is 0.253. The molecular weight excluding hydrogens is 613 g/mol. The molecule has 0 radical (unpaired) electrons. The summed E-state index contributed by atoms with van der Waals surface area (Å²) in [7, 11) is 0. The molecule has 0 saturated carbocycles. The topological polar surface area (TPSA) is 77.8 Å². The van der Waals surface area contributed by atoms with Crippen molar-refractivity contribution >= 4 is 62.7 Å². The SMILES string of the molecule is CCCCC1=C(C)C2=NC1=Cc1[nH]c(c3c1c1c(c4ncccc43)NC=CC=1)=CC1=NC(=CC3=NC(=C2)C(CC)=C3CC)C(C)=C1CCCC. The minimum absolute atomic E-state index is 0.926. The van der Waals surface area contributed by atoms with Crippen LogP contribution in [0.1, 0.15) is 98.6 Å². The number of aliphatic imine (C=N–C) groups is 3. The Balaban J connectivity index is 1.51. The molecule has 0 aliphatic carbocycles. The van der Waals surface area contributed by atoms with Gasteiger partial charge in [0, 0.05) is 44.8 Å². The van der Waals surface area contributed by atoms with Gasteiger partial charge in [0.1, 0.15) is 0 Å². The van der Waals surface area contributed by atoms with Crippen LogP contribution in [-0.4, -0.2) is 27.1 Å². The van der Waals surface area contributed by atoms with E-state index in [1.165, 1.54) is 38.8 Å². The fourth-order valence-corrected chi connectivity index (χ4v) is 8.21. The Morgan fingerprint density at radius 3 is 2.16 bits per heavy atom. The lowest BCUT2D eigenvalue weighted by atomic mass is 9.95. The van der Waals surface area contributed by atoms with E-state index in [-0.39, 0.29) is 0 Å². The molecule has 0 spiro atoms. The van der Waals surface area contributed by atoms with Crippen molar-refractivity contribution in [2.24, 2.45) is 15.0 Å². The highest BCUT2D eigenvalue weighted by atomic mass is 14.9. The van der Waals surface area contributed by atoms with Crippen LogP contribution in [0.15, 0.2) is 108 Å². The Labute approximate surface area is 294 Å². The average molecular weight is 659 g/mol. The van der Waals surface area contributed by atoms with E-state index < -0.39 is 0 Å². The van der Waals surface area contributed by atoms with Crippen LogP contribution in [0.2, 0.25) is 0 Å². The zero-order valence-corrected chi connectivity index (χ0v) is 30.2. The molecule has 0 amide bonds. The number of allylic oxidation sites excluding steroid dienone is 9. The molecular formula is C44H46N6. The van der Waals surface area contributed by atoms with E-state index in [0.29, 0.717) is 0 Å². The van der Waals surface area contributed by atoms with Gasteiger partial charge in [-0.3, -0.25) is 4.98 Å². The second kappa shape index (κ2) is 13.0. The number of hydrogen-bond donors (Lipinski definition) is 2. The predicted octanol–water partition coefficient (Wildman–Crippen LogP) is 9.83. The van der Waals surface area contributed by atoms with E-state index >= 15 is 0 Å². The minimum Gasteiger partial charge on any atom is -0.359 e. The Kier molecular flexibility index (Phi) is 8.34. The molecule has 5 aliphatic heterocycles. The number of fused-ring (bicyclic) bond motifs is 13. The van der Waals surface area contributed by atoms with E-state index in [2.05, 4.69) is 94.4 Å². The largest absolute Gasteiger partial charge is 0.359 e. The molecule has 5 aliphatic rings. The zero-order valence-electron chi connectivity index (χ0n) is 30.2. The van der Waals surface area contributed by atoms with Gasteiger partial charge in [-0.05, 0) is 122 Å². The molecule has 6 nitrogen and oxygen atoms in total. The first-order chi connectivity index (χ1) is 24.4. The summed E-state index contributed by atoms with van der Waals surface area (Å²) in [6, 6.07) is 4.24. The van der Waals surface area contributed by atoms with Gasteiger partial charge in [0.15, 0.2) is 0 Å². The zero-order chi connectivity index (χ0) is 34.5. The molecule has 3 aromatic rings. The molecule has 0 fully saturated rings. The monoisotopic (exact) mass is 658 g/mol. The van der Waals surface area contributed by atoms with Gasteiger partial charge >= 0.3 is 0 Å². The Morgan fingerprint density at radius 1 is 0.680 bits per heavy atom. The van der Waals surface area contributed by atoms with E-state index in [1.54, 1.807) is 0 Å². The minimum atomic E-state index is 0.926. The van der Waals surface area contributed by atoms with Gasteiger partial charge in [0.2, 0.25) is 0 Å². The van der Waals surface area contributed by atoms with Crippen molar-refractivity contribution in [2.45, 2.75) is 92.9 Å². The van der Waals surface area contributed by atoms with Crippen molar-refractivity contribution in [1.29, 1.82) is 0 Å². The number of aromatic amines is 1. The molecule has 2 aromatic heterocycles. The number of unbranched alkanes of at least 4 members (excludes halogenated alkanes) is 2. The third-order valence-electron chi connectivity index (χ3n) is 10.9. The fraction of sp³-hybridized carbons (Fsp3) is 0.318. The number of hydrogen-bond acceptors (Lipinski definition) is 5. The lowest BCUT2D eigenvalue weighted by molar-refractivity contribution is 0.790. The second-order valence-electron chi connectivity index (χ2n) is 13.9. The lowest BCUT2D eigenvalue weighted by Gasteiger charge is -2.12. The molecule has 0 atom stereocenters. The summed E-state index contributed by atoms with van der Waals surface area (Å²) < 4.78 is 0. The Hall–Kier alpha value is -5.10. The van der Waals surface area contributed by atoms with Crippen molar-refractivity contribution < 1.29 is 0 Å². The van der Waals surface area contributed by atoms with Crippen LogP contribution in [-0.2, 0) is 0 Å². The standard InChI is InChI=1S/C44H46N6/c1-7-11-15-29-25(5)33-21-35-27(9-3)28(10-4)36(49-35)22-34-26(6)30(16-12-8-2)38(48-34)24-40-42-32-18-14-20-46-44(32)43-31(17-13-19-45-43)41(42)39(50-40)23-37(29)47-33/h13-14,17-24,45,50H,7-12,15-16H2,1-6H3. The summed E-state index contributed by atoms with van der Waals surface area (Å²) in [4.78, 5) is 24.9. The van der Waals surface area contributed by atoms with Crippen LogP contribution in [0.3, 0.4) is 0 Å². The molecule has 6 heteroatoms.